The van der Waals surface area contributed by atoms with Crippen LogP contribution in [0, 0.1) is 6.92 Å². The fourth-order valence-corrected chi connectivity index (χ4v) is 2.81. The van der Waals surface area contributed by atoms with E-state index in [2.05, 4.69) is 9.98 Å². The molecule has 0 amide bonds. The van der Waals surface area contributed by atoms with E-state index in [1.165, 1.54) is 0 Å². The van der Waals surface area contributed by atoms with E-state index in [0.29, 0.717) is 27.6 Å². The zero-order valence-electron chi connectivity index (χ0n) is 14.0. The van der Waals surface area contributed by atoms with Crippen molar-refractivity contribution < 1.29 is 9.52 Å². The summed E-state index contributed by atoms with van der Waals surface area (Å²) in [6, 6.07) is 18.3. The highest BCUT2D eigenvalue weighted by molar-refractivity contribution is 6.31. The van der Waals surface area contributed by atoms with Crippen molar-refractivity contribution in [3.8, 4) is 17.2 Å². The van der Waals surface area contributed by atoms with E-state index in [1.807, 2.05) is 37.3 Å². The summed E-state index contributed by atoms with van der Waals surface area (Å²) in [5.41, 5.74) is 4.68. The molecule has 0 bridgehead atoms. The molecular weight excluding hydrogens is 348 g/mol. The van der Waals surface area contributed by atoms with Gasteiger partial charge in [0.2, 0.25) is 5.89 Å². The summed E-state index contributed by atoms with van der Waals surface area (Å²) in [5, 5.41) is 10.5. The Labute approximate surface area is 155 Å². The van der Waals surface area contributed by atoms with Gasteiger partial charge in [-0.3, -0.25) is 4.99 Å². The van der Waals surface area contributed by atoms with Crippen LogP contribution in [0.25, 0.3) is 22.6 Å². The molecule has 0 saturated carbocycles. The molecule has 5 heteroatoms. The second-order valence-electron chi connectivity index (χ2n) is 5.95. The molecule has 0 aliphatic carbocycles. The van der Waals surface area contributed by atoms with E-state index < -0.39 is 0 Å². The van der Waals surface area contributed by atoms with E-state index >= 15 is 0 Å². The van der Waals surface area contributed by atoms with Gasteiger partial charge < -0.3 is 9.52 Å². The number of aromatic hydroxyl groups is 1. The van der Waals surface area contributed by atoms with Crippen LogP contribution >= 0.6 is 11.6 Å². The van der Waals surface area contributed by atoms with Gasteiger partial charge in [0, 0.05) is 22.4 Å². The number of hydrogen-bond acceptors (Lipinski definition) is 4. The number of halogens is 1. The Bertz CT molecular complexity index is 1130. The highest BCUT2D eigenvalue weighted by Gasteiger charge is 2.10. The van der Waals surface area contributed by atoms with Crippen molar-refractivity contribution in [3.05, 3.63) is 76.8 Å². The van der Waals surface area contributed by atoms with Crippen molar-refractivity contribution in [2.45, 2.75) is 6.92 Å². The third-order valence-corrected chi connectivity index (χ3v) is 4.32. The minimum absolute atomic E-state index is 0.195. The van der Waals surface area contributed by atoms with Gasteiger partial charge in [0.05, 0.1) is 5.69 Å². The molecule has 0 aliphatic heterocycles. The van der Waals surface area contributed by atoms with Gasteiger partial charge in [0.25, 0.3) is 0 Å². The molecule has 0 spiro atoms. The average Bonchev–Trinajstić information content (AvgIpc) is 3.05. The number of rotatable bonds is 3. The first-order valence-electron chi connectivity index (χ1n) is 8.09. The Morgan fingerprint density at radius 3 is 2.77 bits per heavy atom. The molecule has 0 saturated heterocycles. The normalized spacial score (nSPS) is 11.5. The van der Waals surface area contributed by atoms with E-state index in [0.717, 1.165) is 16.8 Å². The van der Waals surface area contributed by atoms with Gasteiger partial charge in [-0.15, -0.1) is 0 Å². The highest BCUT2D eigenvalue weighted by atomic mass is 35.5. The molecular formula is C21H15ClN2O2. The summed E-state index contributed by atoms with van der Waals surface area (Å²) in [6.07, 6.45) is 1.65. The number of nitrogens with zero attached hydrogens (tertiary/aromatic N) is 2. The molecule has 4 aromatic rings. The van der Waals surface area contributed by atoms with Crippen LogP contribution in [-0.2, 0) is 0 Å². The molecule has 0 unspecified atom stereocenters. The van der Waals surface area contributed by atoms with E-state index in [-0.39, 0.29) is 5.75 Å². The molecule has 4 nitrogen and oxygen atoms in total. The van der Waals surface area contributed by atoms with Gasteiger partial charge in [-0.1, -0.05) is 29.8 Å². The number of phenolic OH excluding ortho intramolecular Hbond substituents is 1. The zero-order chi connectivity index (χ0) is 18.1. The molecule has 0 fully saturated rings. The molecule has 1 heterocycles. The first-order valence-corrected chi connectivity index (χ1v) is 8.47. The van der Waals surface area contributed by atoms with Gasteiger partial charge in [0.1, 0.15) is 11.3 Å². The summed E-state index contributed by atoms with van der Waals surface area (Å²) in [7, 11) is 0. The molecule has 26 heavy (non-hydrogen) atoms. The van der Waals surface area contributed by atoms with Crippen molar-refractivity contribution in [2.75, 3.05) is 0 Å². The second-order valence-corrected chi connectivity index (χ2v) is 6.39. The number of aromatic nitrogens is 1. The van der Waals surface area contributed by atoms with Crippen LogP contribution in [0.3, 0.4) is 0 Å². The lowest BCUT2D eigenvalue weighted by atomic mass is 10.1. The fraction of sp³-hybridized carbons (Fsp3) is 0.0476. The monoisotopic (exact) mass is 362 g/mol. The smallest absolute Gasteiger partial charge is 0.227 e. The van der Waals surface area contributed by atoms with Crippen LogP contribution in [0.1, 0.15) is 11.1 Å². The van der Waals surface area contributed by atoms with Crippen molar-refractivity contribution in [1.29, 1.82) is 0 Å². The average molecular weight is 363 g/mol. The SMILES string of the molecule is Cc1ccc(-c2nc3cc(Cl)ccc3o2)cc1N=Cc1ccccc1O. The van der Waals surface area contributed by atoms with E-state index in [1.54, 1.807) is 36.5 Å². The zero-order valence-corrected chi connectivity index (χ0v) is 14.7. The van der Waals surface area contributed by atoms with Gasteiger partial charge in [-0.25, -0.2) is 4.98 Å². The number of benzene rings is 3. The maximum atomic E-state index is 9.87. The Hall–Kier alpha value is -3.11. The number of oxazole rings is 1. The van der Waals surface area contributed by atoms with Crippen LogP contribution in [-0.4, -0.2) is 16.3 Å². The minimum Gasteiger partial charge on any atom is -0.507 e. The van der Waals surface area contributed by atoms with Crippen LogP contribution in [0.4, 0.5) is 5.69 Å². The van der Waals surface area contributed by atoms with Crippen LogP contribution in [0.2, 0.25) is 5.02 Å². The first-order chi connectivity index (χ1) is 12.6. The summed E-state index contributed by atoms with van der Waals surface area (Å²) in [4.78, 5) is 9.02. The van der Waals surface area contributed by atoms with E-state index in [9.17, 15) is 5.11 Å². The Balaban J connectivity index is 1.72. The van der Waals surface area contributed by atoms with Crippen LogP contribution < -0.4 is 0 Å². The van der Waals surface area contributed by atoms with Crippen LogP contribution in [0.5, 0.6) is 5.75 Å². The van der Waals surface area contributed by atoms with E-state index in [4.69, 9.17) is 16.0 Å². The lowest BCUT2D eigenvalue weighted by Crippen LogP contribution is -1.84. The van der Waals surface area contributed by atoms with Gasteiger partial charge in [-0.05, 0) is 55.0 Å². The quantitative estimate of drug-likeness (QED) is 0.460. The minimum atomic E-state index is 0.195. The highest BCUT2D eigenvalue weighted by Crippen LogP contribution is 2.30. The molecule has 1 aromatic heterocycles. The number of fused-ring (bicyclic) bond motifs is 1. The predicted molar refractivity (Wildman–Crippen MR) is 105 cm³/mol. The summed E-state index contributed by atoms with van der Waals surface area (Å²) in [5.74, 6) is 0.710. The predicted octanol–water partition coefficient (Wildman–Crippen LogP) is 5.91. The first kappa shape index (κ1) is 16.4. The molecule has 3 aromatic carbocycles. The Morgan fingerprint density at radius 2 is 1.92 bits per heavy atom. The number of aliphatic imine (C=N–C) groups is 1. The van der Waals surface area contributed by atoms with Crippen LogP contribution in [0.15, 0.2) is 70.1 Å². The number of para-hydroxylation sites is 1. The molecule has 1 N–H and O–H groups in total. The molecule has 4 rings (SSSR count). The lowest BCUT2D eigenvalue weighted by molar-refractivity contribution is 0.474. The third-order valence-electron chi connectivity index (χ3n) is 4.09. The molecule has 0 radical (unpaired) electrons. The van der Waals surface area contributed by atoms with Gasteiger partial charge in [-0.2, -0.15) is 0 Å². The molecule has 0 aliphatic rings. The maximum Gasteiger partial charge on any atom is 0.227 e. The maximum absolute atomic E-state index is 9.87. The number of phenols is 1. The van der Waals surface area contributed by atoms with Crippen molar-refractivity contribution in [1.82, 2.24) is 4.98 Å². The fourth-order valence-electron chi connectivity index (χ4n) is 2.64. The Morgan fingerprint density at radius 1 is 1.08 bits per heavy atom. The van der Waals surface area contributed by atoms with Gasteiger partial charge in [0.15, 0.2) is 5.58 Å². The topological polar surface area (TPSA) is 58.6 Å². The van der Waals surface area contributed by atoms with Gasteiger partial charge >= 0.3 is 0 Å². The number of hydrogen-bond donors (Lipinski definition) is 1. The second kappa shape index (κ2) is 6.65. The largest absolute Gasteiger partial charge is 0.507 e. The Kier molecular flexibility index (Phi) is 4.19. The van der Waals surface area contributed by atoms with Crippen molar-refractivity contribution in [2.24, 2.45) is 4.99 Å². The standard InChI is InChI=1S/C21H15ClN2O2/c1-13-6-7-14(21-24-18-11-16(22)8-9-20(18)26-21)10-17(13)23-12-15-4-2-3-5-19(15)25/h2-12,25H,1H3. The summed E-state index contributed by atoms with van der Waals surface area (Å²) in [6.45, 7) is 1.98. The summed E-state index contributed by atoms with van der Waals surface area (Å²) < 4.78 is 5.82. The van der Waals surface area contributed by atoms with Crippen molar-refractivity contribution in [3.63, 3.8) is 0 Å². The third kappa shape index (κ3) is 3.19. The van der Waals surface area contributed by atoms with Crippen molar-refractivity contribution >= 4 is 34.6 Å². The summed E-state index contributed by atoms with van der Waals surface area (Å²) >= 11 is 6.01. The lowest BCUT2D eigenvalue weighted by Gasteiger charge is -2.03. The molecule has 128 valence electrons. The number of aryl methyl sites for hydroxylation is 1. The molecule has 0 atom stereocenters.